The van der Waals surface area contributed by atoms with Gasteiger partial charge >= 0.3 is 0 Å². The van der Waals surface area contributed by atoms with Gasteiger partial charge in [0.15, 0.2) is 5.60 Å². The zero-order chi connectivity index (χ0) is 22.2. The molecule has 0 N–H and O–H groups in total. The molecule has 1 heteroatoms. The summed E-state index contributed by atoms with van der Waals surface area (Å²) in [5.74, 6) is 7.53. The van der Waals surface area contributed by atoms with Gasteiger partial charge in [0, 0.05) is 27.7 Å². The maximum Gasteiger partial charge on any atom is 0.178 e. The van der Waals surface area contributed by atoms with E-state index in [4.69, 9.17) is 4.74 Å². The Morgan fingerprint density at radius 3 is 2.03 bits per heavy atom. The Morgan fingerprint density at radius 1 is 0.750 bits per heavy atom. The smallest absolute Gasteiger partial charge is 0.178 e. The van der Waals surface area contributed by atoms with Crippen LogP contribution in [0.25, 0.3) is 16.8 Å². The third-order valence-electron chi connectivity index (χ3n) is 5.76. The highest BCUT2D eigenvalue weighted by molar-refractivity contribution is 5.94. The van der Waals surface area contributed by atoms with Crippen molar-refractivity contribution in [2.24, 2.45) is 5.41 Å². The number of benzene rings is 4. The molecular weight excluding hydrogens is 388 g/mol. The van der Waals surface area contributed by atoms with E-state index in [1.54, 1.807) is 0 Å². The monoisotopic (exact) mass is 414 g/mol. The first-order valence-electron chi connectivity index (χ1n) is 11.0. The predicted molar refractivity (Wildman–Crippen MR) is 134 cm³/mol. The second kappa shape index (κ2) is 7.74. The van der Waals surface area contributed by atoms with E-state index in [0.717, 1.165) is 28.0 Å². The molecule has 0 bridgehead atoms. The molecule has 0 saturated heterocycles. The number of hydrogen-bond acceptors (Lipinski definition) is 1. The minimum Gasteiger partial charge on any atom is -0.473 e. The molecule has 1 heterocycles. The van der Waals surface area contributed by atoms with Crippen molar-refractivity contribution in [3.8, 4) is 17.6 Å². The molecule has 5 rings (SSSR count). The summed E-state index contributed by atoms with van der Waals surface area (Å²) in [5, 5.41) is 2.35. The SMILES string of the molecule is CC(C)(C)C#Cc1ccc2c3c(ccc2c1)OC(c1ccccc1)(c1ccccc1)C=C3. The third-order valence-corrected chi connectivity index (χ3v) is 5.76. The summed E-state index contributed by atoms with van der Waals surface area (Å²) >= 11 is 0. The van der Waals surface area contributed by atoms with Crippen molar-refractivity contribution >= 4 is 16.8 Å². The average molecular weight is 415 g/mol. The molecule has 4 aromatic rings. The van der Waals surface area contributed by atoms with Gasteiger partial charge in [-0.05, 0) is 61.9 Å². The number of ether oxygens (including phenoxy) is 1. The molecule has 32 heavy (non-hydrogen) atoms. The normalized spacial score (nSPS) is 14.2. The van der Waals surface area contributed by atoms with E-state index in [2.05, 4.69) is 124 Å². The molecule has 0 spiro atoms. The van der Waals surface area contributed by atoms with E-state index in [1.807, 2.05) is 12.1 Å². The molecule has 156 valence electrons. The highest BCUT2D eigenvalue weighted by Gasteiger charge is 2.37. The fourth-order valence-electron chi connectivity index (χ4n) is 4.19. The van der Waals surface area contributed by atoms with Gasteiger partial charge in [-0.25, -0.2) is 0 Å². The molecule has 0 aliphatic carbocycles. The first-order chi connectivity index (χ1) is 15.4. The molecule has 1 aliphatic rings. The van der Waals surface area contributed by atoms with Crippen LogP contribution in [0.3, 0.4) is 0 Å². The Balaban J connectivity index is 1.62. The number of rotatable bonds is 2. The number of fused-ring (bicyclic) bond motifs is 3. The average Bonchev–Trinajstić information content (AvgIpc) is 2.82. The lowest BCUT2D eigenvalue weighted by Gasteiger charge is -2.36. The second-order valence-electron chi connectivity index (χ2n) is 9.32. The fraction of sp³-hybridized carbons (Fsp3) is 0.161. The Kier molecular flexibility index (Phi) is 4.87. The van der Waals surface area contributed by atoms with Crippen molar-refractivity contribution in [1.82, 2.24) is 0 Å². The minimum absolute atomic E-state index is 0.0143. The summed E-state index contributed by atoms with van der Waals surface area (Å²) in [7, 11) is 0. The van der Waals surface area contributed by atoms with Crippen LogP contribution in [0.5, 0.6) is 5.75 Å². The van der Waals surface area contributed by atoms with Gasteiger partial charge in [-0.2, -0.15) is 0 Å². The maximum atomic E-state index is 6.81. The van der Waals surface area contributed by atoms with E-state index < -0.39 is 5.60 Å². The van der Waals surface area contributed by atoms with Crippen LogP contribution in [0, 0.1) is 17.3 Å². The Morgan fingerprint density at radius 2 is 1.41 bits per heavy atom. The molecule has 0 fully saturated rings. The zero-order valence-corrected chi connectivity index (χ0v) is 18.7. The largest absolute Gasteiger partial charge is 0.473 e. The number of hydrogen-bond donors (Lipinski definition) is 0. The molecular formula is C31H26O. The van der Waals surface area contributed by atoms with Crippen LogP contribution < -0.4 is 4.74 Å². The van der Waals surface area contributed by atoms with Crippen LogP contribution in [0.2, 0.25) is 0 Å². The van der Waals surface area contributed by atoms with Gasteiger partial charge in [-0.1, -0.05) is 84.6 Å². The highest BCUT2D eigenvalue weighted by atomic mass is 16.5. The van der Waals surface area contributed by atoms with Crippen molar-refractivity contribution in [3.05, 3.63) is 119 Å². The lowest BCUT2D eigenvalue weighted by Crippen LogP contribution is -2.34. The zero-order valence-electron chi connectivity index (χ0n) is 18.7. The predicted octanol–water partition coefficient (Wildman–Crippen LogP) is 7.59. The van der Waals surface area contributed by atoms with Gasteiger partial charge in [0.25, 0.3) is 0 Å². The van der Waals surface area contributed by atoms with Crippen molar-refractivity contribution in [2.45, 2.75) is 26.4 Å². The molecule has 1 nitrogen and oxygen atoms in total. The Bertz CT molecular complexity index is 1320. The van der Waals surface area contributed by atoms with E-state index >= 15 is 0 Å². The van der Waals surface area contributed by atoms with Gasteiger partial charge in [-0.3, -0.25) is 0 Å². The molecule has 0 radical (unpaired) electrons. The van der Waals surface area contributed by atoms with Gasteiger partial charge in [-0.15, -0.1) is 0 Å². The van der Waals surface area contributed by atoms with Gasteiger partial charge in [0.1, 0.15) is 5.75 Å². The quantitative estimate of drug-likeness (QED) is 0.307. The fourth-order valence-corrected chi connectivity index (χ4v) is 4.19. The summed E-state index contributed by atoms with van der Waals surface area (Å²) < 4.78 is 6.81. The first-order valence-corrected chi connectivity index (χ1v) is 11.0. The van der Waals surface area contributed by atoms with Crippen LogP contribution in [-0.4, -0.2) is 0 Å². The summed E-state index contributed by atoms with van der Waals surface area (Å²) in [5.41, 5.74) is 3.71. The minimum atomic E-state index is -0.651. The van der Waals surface area contributed by atoms with E-state index in [9.17, 15) is 0 Å². The van der Waals surface area contributed by atoms with Crippen molar-refractivity contribution in [3.63, 3.8) is 0 Å². The van der Waals surface area contributed by atoms with Gasteiger partial charge in [0.2, 0.25) is 0 Å². The Labute approximate surface area is 190 Å². The van der Waals surface area contributed by atoms with Crippen LogP contribution in [0.1, 0.15) is 43.0 Å². The van der Waals surface area contributed by atoms with E-state index in [-0.39, 0.29) is 5.41 Å². The molecule has 0 aromatic heterocycles. The Hall–Kier alpha value is -3.76. The molecule has 0 saturated carbocycles. The third kappa shape index (κ3) is 3.70. The highest BCUT2D eigenvalue weighted by Crippen LogP contribution is 2.44. The van der Waals surface area contributed by atoms with Crippen molar-refractivity contribution < 1.29 is 4.74 Å². The maximum absolute atomic E-state index is 6.81. The molecule has 0 unspecified atom stereocenters. The standard InChI is InChI=1S/C31H26O/c1-30(2,3)20-18-23-14-16-27-24(22-23)15-17-29-28(27)19-21-31(32-29,25-10-6-4-7-11-25)26-12-8-5-9-13-26/h4-17,19,21-22H,1-3H3. The van der Waals surface area contributed by atoms with Gasteiger partial charge < -0.3 is 4.74 Å². The van der Waals surface area contributed by atoms with E-state index in [0.29, 0.717) is 0 Å². The summed E-state index contributed by atoms with van der Waals surface area (Å²) in [6.45, 7) is 6.39. The molecule has 4 aromatic carbocycles. The molecule has 0 amide bonds. The second-order valence-corrected chi connectivity index (χ2v) is 9.32. The molecule has 1 aliphatic heterocycles. The van der Waals surface area contributed by atoms with Crippen LogP contribution in [0.15, 0.2) is 97.1 Å². The topological polar surface area (TPSA) is 9.23 Å². The summed E-state index contributed by atoms with van der Waals surface area (Å²) in [6.07, 6.45) is 4.40. The van der Waals surface area contributed by atoms with E-state index in [1.165, 1.54) is 10.8 Å². The summed E-state index contributed by atoms with van der Waals surface area (Å²) in [6, 6.07) is 31.5. The summed E-state index contributed by atoms with van der Waals surface area (Å²) in [4.78, 5) is 0. The lowest BCUT2D eigenvalue weighted by molar-refractivity contribution is 0.161. The van der Waals surface area contributed by atoms with Gasteiger partial charge in [0.05, 0.1) is 0 Å². The van der Waals surface area contributed by atoms with Crippen molar-refractivity contribution in [2.75, 3.05) is 0 Å². The van der Waals surface area contributed by atoms with Crippen LogP contribution in [-0.2, 0) is 5.60 Å². The first kappa shape index (κ1) is 20.2. The lowest BCUT2D eigenvalue weighted by atomic mass is 9.83. The van der Waals surface area contributed by atoms with Crippen LogP contribution in [0.4, 0.5) is 0 Å². The van der Waals surface area contributed by atoms with Crippen LogP contribution >= 0.6 is 0 Å². The van der Waals surface area contributed by atoms with Crippen molar-refractivity contribution in [1.29, 1.82) is 0 Å². The molecule has 0 atom stereocenters.